The molecule has 0 spiro atoms. The molecule has 1 aromatic carbocycles. The zero-order valence-corrected chi connectivity index (χ0v) is 9.06. The third-order valence-electron chi connectivity index (χ3n) is 1.96. The Morgan fingerprint density at radius 2 is 1.86 bits per heavy atom. The highest BCUT2D eigenvalue weighted by Gasteiger charge is 2.04. The van der Waals surface area contributed by atoms with Gasteiger partial charge in [0.25, 0.3) is 0 Å². The Hall–Kier alpha value is -1.28. The molecule has 14 heavy (non-hydrogen) atoms. The van der Waals surface area contributed by atoms with E-state index in [1.54, 1.807) is 0 Å². The molecule has 1 heterocycles. The van der Waals surface area contributed by atoms with E-state index >= 15 is 0 Å². The summed E-state index contributed by atoms with van der Waals surface area (Å²) in [5.74, 6) is 0. The van der Waals surface area contributed by atoms with Crippen molar-refractivity contribution in [2.45, 2.75) is 13.8 Å². The van der Waals surface area contributed by atoms with Gasteiger partial charge in [0.2, 0.25) is 0 Å². The van der Waals surface area contributed by atoms with E-state index in [1.807, 2.05) is 44.2 Å². The summed E-state index contributed by atoms with van der Waals surface area (Å²) in [6.07, 6.45) is 2.04. The number of halogens is 1. The number of benzene rings is 1. The molecule has 3 heteroatoms. The van der Waals surface area contributed by atoms with Crippen LogP contribution in [0.25, 0.3) is 0 Å². The second kappa shape index (κ2) is 4.29. The molecule has 0 radical (unpaired) electrons. The number of hydrogen-bond donors (Lipinski definition) is 1. The van der Waals surface area contributed by atoms with Crippen LogP contribution in [0.3, 0.4) is 0 Å². The number of fused-ring (bicyclic) bond motifs is 1. The Kier molecular flexibility index (Phi) is 3.31. The standard InChI is InChI=1S/C11H12N2.ClH/c1-8-7-9(2)13-11-6-4-3-5-10(11)12-8;/h3-7,12H,1-2H3;1H. The molecule has 0 fully saturated rings. The maximum atomic E-state index is 4.47. The van der Waals surface area contributed by atoms with Crippen molar-refractivity contribution in [1.82, 2.24) is 0 Å². The van der Waals surface area contributed by atoms with Gasteiger partial charge in [0.15, 0.2) is 0 Å². The van der Waals surface area contributed by atoms with E-state index < -0.39 is 0 Å². The lowest BCUT2D eigenvalue weighted by molar-refractivity contribution is 1.39. The molecule has 0 unspecified atom stereocenters. The summed E-state index contributed by atoms with van der Waals surface area (Å²) in [4.78, 5) is 4.47. The third kappa shape index (κ3) is 2.15. The van der Waals surface area contributed by atoms with Gasteiger partial charge in [0, 0.05) is 11.4 Å². The number of nitrogens with zero attached hydrogens (tertiary/aromatic N) is 1. The molecular formula is C11H13ClN2. The Morgan fingerprint density at radius 3 is 2.64 bits per heavy atom. The fourth-order valence-electron chi connectivity index (χ4n) is 1.46. The van der Waals surface area contributed by atoms with Gasteiger partial charge >= 0.3 is 0 Å². The van der Waals surface area contributed by atoms with E-state index in [0.717, 1.165) is 22.8 Å². The molecule has 1 aliphatic heterocycles. The number of anilines is 1. The predicted molar refractivity (Wildman–Crippen MR) is 63.8 cm³/mol. The molecule has 2 rings (SSSR count). The summed E-state index contributed by atoms with van der Waals surface area (Å²) in [5, 5.41) is 3.30. The molecule has 74 valence electrons. The highest BCUT2D eigenvalue weighted by molar-refractivity contribution is 5.98. The van der Waals surface area contributed by atoms with Crippen molar-refractivity contribution in [1.29, 1.82) is 0 Å². The molecule has 1 aromatic rings. The minimum Gasteiger partial charge on any atom is -0.357 e. The van der Waals surface area contributed by atoms with Crippen molar-refractivity contribution in [3.05, 3.63) is 36.0 Å². The van der Waals surface area contributed by atoms with Gasteiger partial charge in [-0.05, 0) is 32.1 Å². The first kappa shape index (κ1) is 10.8. The molecular weight excluding hydrogens is 196 g/mol. The zero-order chi connectivity index (χ0) is 9.26. The van der Waals surface area contributed by atoms with E-state index in [1.165, 1.54) is 0 Å². The molecule has 0 bridgehead atoms. The Morgan fingerprint density at radius 1 is 1.14 bits per heavy atom. The van der Waals surface area contributed by atoms with Crippen LogP contribution in [-0.2, 0) is 0 Å². The van der Waals surface area contributed by atoms with Crippen molar-refractivity contribution < 1.29 is 0 Å². The largest absolute Gasteiger partial charge is 0.357 e. The second-order valence-electron chi connectivity index (χ2n) is 3.22. The monoisotopic (exact) mass is 208 g/mol. The molecule has 0 aromatic heterocycles. The molecule has 0 aliphatic carbocycles. The summed E-state index contributed by atoms with van der Waals surface area (Å²) in [7, 11) is 0. The lowest BCUT2D eigenvalue weighted by Crippen LogP contribution is -1.94. The van der Waals surface area contributed by atoms with Crippen LogP contribution in [0.2, 0.25) is 0 Å². The minimum atomic E-state index is 0. The zero-order valence-electron chi connectivity index (χ0n) is 8.24. The van der Waals surface area contributed by atoms with Crippen molar-refractivity contribution >= 4 is 29.5 Å². The van der Waals surface area contributed by atoms with Crippen LogP contribution in [0, 0.1) is 0 Å². The molecule has 2 nitrogen and oxygen atoms in total. The molecule has 0 atom stereocenters. The Balaban J connectivity index is 0.000000980. The lowest BCUT2D eigenvalue weighted by atomic mass is 10.2. The van der Waals surface area contributed by atoms with Crippen molar-refractivity contribution in [3.8, 4) is 0 Å². The van der Waals surface area contributed by atoms with Crippen LogP contribution >= 0.6 is 12.4 Å². The fourth-order valence-corrected chi connectivity index (χ4v) is 1.46. The quantitative estimate of drug-likeness (QED) is 0.693. The third-order valence-corrected chi connectivity index (χ3v) is 1.96. The van der Waals surface area contributed by atoms with Crippen LogP contribution in [0.5, 0.6) is 0 Å². The highest BCUT2D eigenvalue weighted by Crippen LogP contribution is 2.27. The summed E-state index contributed by atoms with van der Waals surface area (Å²) >= 11 is 0. The Bertz CT molecular complexity index is 394. The fraction of sp³-hybridized carbons (Fsp3) is 0.182. The molecule has 0 amide bonds. The van der Waals surface area contributed by atoms with E-state index in [4.69, 9.17) is 0 Å². The van der Waals surface area contributed by atoms with E-state index in [0.29, 0.717) is 0 Å². The number of para-hydroxylation sites is 2. The van der Waals surface area contributed by atoms with E-state index in [2.05, 4.69) is 10.3 Å². The number of hydrogen-bond acceptors (Lipinski definition) is 2. The number of nitrogens with one attached hydrogen (secondary N) is 1. The lowest BCUT2D eigenvalue weighted by Gasteiger charge is -2.05. The molecule has 1 N–H and O–H groups in total. The van der Waals surface area contributed by atoms with Gasteiger partial charge in [-0.3, -0.25) is 4.99 Å². The smallest absolute Gasteiger partial charge is 0.0867 e. The van der Waals surface area contributed by atoms with Gasteiger partial charge in [-0.2, -0.15) is 0 Å². The van der Waals surface area contributed by atoms with Gasteiger partial charge in [0.05, 0.1) is 11.4 Å². The first-order valence-electron chi connectivity index (χ1n) is 4.35. The Labute approximate surface area is 90.2 Å². The van der Waals surface area contributed by atoms with Crippen LogP contribution in [0.15, 0.2) is 41.0 Å². The van der Waals surface area contributed by atoms with Gasteiger partial charge in [-0.15, -0.1) is 12.4 Å². The number of aliphatic imine (C=N–C) groups is 1. The second-order valence-corrected chi connectivity index (χ2v) is 3.22. The van der Waals surface area contributed by atoms with E-state index in [9.17, 15) is 0 Å². The van der Waals surface area contributed by atoms with Gasteiger partial charge in [-0.25, -0.2) is 0 Å². The highest BCUT2D eigenvalue weighted by atomic mass is 35.5. The molecule has 0 saturated carbocycles. The first-order valence-corrected chi connectivity index (χ1v) is 4.35. The van der Waals surface area contributed by atoms with Crippen LogP contribution in [0.1, 0.15) is 13.8 Å². The molecule has 1 aliphatic rings. The summed E-state index contributed by atoms with van der Waals surface area (Å²) in [5.41, 5.74) is 4.25. The van der Waals surface area contributed by atoms with E-state index in [-0.39, 0.29) is 12.4 Å². The minimum absolute atomic E-state index is 0. The maximum Gasteiger partial charge on any atom is 0.0867 e. The van der Waals surface area contributed by atoms with Crippen LogP contribution in [-0.4, -0.2) is 5.71 Å². The van der Waals surface area contributed by atoms with Crippen molar-refractivity contribution in [2.24, 2.45) is 4.99 Å². The molecule has 0 saturated heterocycles. The summed E-state index contributed by atoms with van der Waals surface area (Å²) in [6, 6.07) is 8.06. The van der Waals surface area contributed by atoms with Crippen LogP contribution < -0.4 is 5.32 Å². The topological polar surface area (TPSA) is 24.4 Å². The predicted octanol–water partition coefficient (Wildman–Crippen LogP) is 3.53. The number of rotatable bonds is 0. The average molecular weight is 209 g/mol. The van der Waals surface area contributed by atoms with Gasteiger partial charge < -0.3 is 5.32 Å². The normalized spacial score (nSPS) is 13.9. The van der Waals surface area contributed by atoms with Gasteiger partial charge in [0.1, 0.15) is 0 Å². The van der Waals surface area contributed by atoms with Gasteiger partial charge in [-0.1, -0.05) is 12.1 Å². The van der Waals surface area contributed by atoms with Crippen molar-refractivity contribution in [3.63, 3.8) is 0 Å². The first-order chi connectivity index (χ1) is 6.25. The number of allylic oxidation sites excluding steroid dienone is 2. The average Bonchev–Trinajstić information content (AvgIpc) is 2.20. The summed E-state index contributed by atoms with van der Waals surface area (Å²) in [6.45, 7) is 4.05. The van der Waals surface area contributed by atoms with Crippen molar-refractivity contribution in [2.75, 3.05) is 5.32 Å². The SMILES string of the molecule is CC1=CC(C)=Nc2ccccc2N1.Cl. The van der Waals surface area contributed by atoms with Crippen LogP contribution in [0.4, 0.5) is 11.4 Å². The summed E-state index contributed by atoms with van der Waals surface area (Å²) < 4.78 is 0. The maximum absolute atomic E-state index is 4.47.